The Balaban J connectivity index is 2.26. The van der Waals surface area contributed by atoms with Crippen LogP contribution in [0.2, 0.25) is 10.0 Å². The lowest BCUT2D eigenvalue weighted by Gasteiger charge is -2.13. The Labute approximate surface area is 151 Å². The van der Waals surface area contributed by atoms with Crippen LogP contribution in [0.15, 0.2) is 52.1 Å². The lowest BCUT2D eigenvalue weighted by Crippen LogP contribution is -2.41. The van der Waals surface area contributed by atoms with Crippen LogP contribution in [0.5, 0.6) is 0 Å². The van der Waals surface area contributed by atoms with Crippen LogP contribution in [0.25, 0.3) is 10.9 Å². The molecule has 0 aliphatic heterocycles. The lowest BCUT2D eigenvalue weighted by molar-refractivity contribution is -0.137. The summed E-state index contributed by atoms with van der Waals surface area (Å²) in [6.07, 6.45) is 0. The highest BCUT2D eigenvalue weighted by Gasteiger charge is 2.15. The van der Waals surface area contributed by atoms with E-state index in [9.17, 15) is 14.4 Å². The first-order valence-corrected chi connectivity index (χ1v) is 8.01. The van der Waals surface area contributed by atoms with Gasteiger partial charge in [-0.1, -0.05) is 35.3 Å². The Morgan fingerprint density at radius 3 is 2.28 bits per heavy atom. The molecule has 0 bridgehead atoms. The van der Waals surface area contributed by atoms with Gasteiger partial charge in [-0.15, -0.1) is 0 Å². The molecule has 8 heteroatoms. The van der Waals surface area contributed by atoms with Gasteiger partial charge in [0.15, 0.2) is 0 Å². The number of hydrogen-bond donors (Lipinski definition) is 1. The van der Waals surface area contributed by atoms with E-state index in [1.165, 1.54) is 0 Å². The van der Waals surface area contributed by atoms with Crippen molar-refractivity contribution >= 4 is 40.1 Å². The second-order valence-electron chi connectivity index (χ2n) is 5.45. The number of benzene rings is 2. The average Bonchev–Trinajstić information content (AvgIpc) is 2.54. The molecule has 25 heavy (non-hydrogen) atoms. The second kappa shape index (κ2) is 6.74. The van der Waals surface area contributed by atoms with Crippen molar-refractivity contribution in [2.24, 2.45) is 0 Å². The van der Waals surface area contributed by atoms with E-state index in [1.807, 2.05) is 0 Å². The summed E-state index contributed by atoms with van der Waals surface area (Å²) >= 11 is 11.9. The maximum absolute atomic E-state index is 12.7. The van der Waals surface area contributed by atoms with Crippen LogP contribution in [0.4, 0.5) is 0 Å². The van der Waals surface area contributed by atoms with Crippen molar-refractivity contribution in [1.82, 2.24) is 9.13 Å². The van der Waals surface area contributed by atoms with Gasteiger partial charge >= 0.3 is 11.7 Å². The van der Waals surface area contributed by atoms with Crippen molar-refractivity contribution in [2.75, 3.05) is 0 Å². The molecule has 128 valence electrons. The molecule has 0 aliphatic rings. The molecule has 1 heterocycles. The maximum Gasteiger partial charge on any atom is 0.332 e. The van der Waals surface area contributed by atoms with Crippen LogP contribution in [0, 0.1) is 0 Å². The van der Waals surface area contributed by atoms with Crippen LogP contribution >= 0.6 is 23.2 Å². The first-order valence-electron chi connectivity index (χ1n) is 7.26. The number of carbonyl (C=O) groups is 1. The fourth-order valence-electron chi connectivity index (χ4n) is 2.68. The summed E-state index contributed by atoms with van der Waals surface area (Å²) in [5.74, 6) is -1.18. The number of aromatic nitrogens is 2. The summed E-state index contributed by atoms with van der Waals surface area (Å²) in [7, 11) is 0. The third-order valence-corrected chi connectivity index (χ3v) is 4.13. The number of fused-ring (bicyclic) bond motifs is 1. The number of rotatable bonds is 4. The van der Waals surface area contributed by atoms with Gasteiger partial charge in [0.05, 0.1) is 17.4 Å². The van der Waals surface area contributed by atoms with Crippen molar-refractivity contribution in [2.45, 2.75) is 13.1 Å². The Bertz CT molecular complexity index is 1080. The van der Waals surface area contributed by atoms with Gasteiger partial charge in [0.2, 0.25) is 0 Å². The molecule has 0 fully saturated rings. The van der Waals surface area contributed by atoms with Crippen LogP contribution in [0.3, 0.4) is 0 Å². The lowest BCUT2D eigenvalue weighted by atomic mass is 10.2. The minimum absolute atomic E-state index is 0.0671. The van der Waals surface area contributed by atoms with Gasteiger partial charge in [0.1, 0.15) is 6.54 Å². The van der Waals surface area contributed by atoms with E-state index in [0.717, 1.165) is 9.13 Å². The summed E-state index contributed by atoms with van der Waals surface area (Å²) in [6.45, 7) is -0.613. The number of para-hydroxylation sites is 1. The van der Waals surface area contributed by atoms with Crippen LogP contribution < -0.4 is 11.2 Å². The minimum Gasteiger partial charge on any atom is -0.480 e. The molecule has 0 atom stereocenters. The fourth-order valence-corrected chi connectivity index (χ4v) is 3.25. The number of aliphatic carboxylic acids is 1. The van der Waals surface area contributed by atoms with E-state index in [-0.39, 0.29) is 17.4 Å². The fraction of sp³-hybridized carbons (Fsp3) is 0.118. The van der Waals surface area contributed by atoms with Crippen molar-refractivity contribution in [3.8, 4) is 0 Å². The Kier molecular flexibility index (Phi) is 4.65. The molecule has 0 spiro atoms. The zero-order valence-corrected chi connectivity index (χ0v) is 14.3. The molecule has 0 aliphatic carbocycles. The van der Waals surface area contributed by atoms with Gasteiger partial charge in [-0.05, 0) is 35.9 Å². The van der Waals surface area contributed by atoms with Gasteiger partial charge < -0.3 is 5.11 Å². The van der Waals surface area contributed by atoms with Gasteiger partial charge in [-0.3, -0.25) is 18.7 Å². The average molecular weight is 379 g/mol. The zero-order valence-electron chi connectivity index (χ0n) is 12.8. The SMILES string of the molecule is O=C(O)Cn1c(=O)n(Cc2cc(Cl)cc(Cl)c2)c(=O)c2ccccc21. The van der Waals surface area contributed by atoms with Gasteiger partial charge in [0, 0.05) is 10.0 Å². The molecule has 3 aromatic rings. The molecular formula is C17H12Cl2N2O4. The monoisotopic (exact) mass is 378 g/mol. The van der Waals surface area contributed by atoms with E-state index in [0.29, 0.717) is 15.6 Å². The van der Waals surface area contributed by atoms with E-state index < -0.39 is 23.8 Å². The standard InChI is InChI=1S/C17H12Cl2N2O4/c18-11-5-10(6-12(19)7-11)8-21-16(24)13-3-1-2-4-14(13)20(17(21)25)9-15(22)23/h1-7H,8-9H2,(H,22,23). The number of hydrogen-bond acceptors (Lipinski definition) is 3. The summed E-state index contributed by atoms with van der Waals surface area (Å²) in [5.41, 5.74) is -0.366. The molecular weight excluding hydrogens is 367 g/mol. The number of nitrogens with zero attached hydrogens (tertiary/aromatic N) is 2. The summed E-state index contributed by atoms with van der Waals surface area (Å²) in [6, 6.07) is 11.1. The highest BCUT2D eigenvalue weighted by molar-refractivity contribution is 6.34. The minimum atomic E-state index is -1.18. The predicted molar refractivity (Wildman–Crippen MR) is 95.7 cm³/mol. The normalized spacial score (nSPS) is 11.0. The van der Waals surface area contributed by atoms with Gasteiger partial charge in [-0.25, -0.2) is 4.79 Å². The quantitative estimate of drug-likeness (QED) is 0.756. The number of carboxylic acid groups (broad SMARTS) is 1. The maximum atomic E-state index is 12.7. The largest absolute Gasteiger partial charge is 0.480 e. The highest BCUT2D eigenvalue weighted by atomic mass is 35.5. The number of halogens is 2. The summed E-state index contributed by atoms with van der Waals surface area (Å²) in [5, 5.41) is 10.1. The Hall–Kier alpha value is -2.57. The first-order chi connectivity index (χ1) is 11.9. The topological polar surface area (TPSA) is 81.3 Å². The molecule has 0 saturated heterocycles. The van der Waals surface area contributed by atoms with E-state index in [4.69, 9.17) is 28.3 Å². The van der Waals surface area contributed by atoms with E-state index >= 15 is 0 Å². The molecule has 1 aromatic heterocycles. The molecule has 1 N–H and O–H groups in total. The molecule has 0 unspecified atom stereocenters. The van der Waals surface area contributed by atoms with E-state index in [1.54, 1.807) is 42.5 Å². The number of carboxylic acids is 1. The van der Waals surface area contributed by atoms with E-state index in [2.05, 4.69) is 0 Å². The molecule has 0 amide bonds. The van der Waals surface area contributed by atoms with Crippen molar-refractivity contribution in [1.29, 1.82) is 0 Å². The predicted octanol–water partition coefficient (Wildman–Crippen LogP) is 2.60. The smallest absolute Gasteiger partial charge is 0.332 e. The van der Waals surface area contributed by atoms with Crippen LogP contribution in [-0.2, 0) is 17.9 Å². The van der Waals surface area contributed by atoms with Crippen LogP contribution in [0.1, 0.15) is 5.56 Å². The Morgan fingerprint density at radius 1 is 1.00 bits per heavy atom. The molecule has 3 rings (SSSR count). The molecule has 2 aromatic carbocycles. The molecule has 6 nitrogen and oxygen atoms in total. The van der Waals surface area contributed by atoms with Gasteiger partial charge in [-0.2, -0.15) is 0 Å². The van der Waals surface area contributed by atoms with Gasteiger partial charge in [0.25, 0.3) is 5.56 Å². The zero-order chi connectivity index (χ0) is 18.1. The third-order valence-electron chi connectivity index (χ3n) is 3.69. The Morgan fingerprint density at radius 2 is 1.64 bits per heavy atom. The second-order valence-corrected chi connectivity index (χ2v) is 6.32. The first kappa shape index (κ1) is 17.3. The third kappa shape index (κ3) is 3.45. The summed E-state index contributed by atoms with van der Waals surface area (Å²) in [4.78, 5) is 36.5. The highest BCUT2D eigenvalue weighted by Crippen LogP contribution is 2.19. The van der Waals surface area contributed by atoms with Crippen molar-refractivity contribution < 1.29 is 9.90 Å². The van der Waals surface area contributed by atoms with Crippen LogP contribution in [-0.4, -0.2) is 20.2 Å². The molecule has 0 radical (unpaired) electrons. The summed E-state index contributed by atoms with van der Waals surface area (Å²) < 4.78 is 2.04. The molecule has 0 saturated carbocycles. The van der Waals surface area contributed by atoms with Crippen molar-refractivity contribution in [3.63, 3.8) is 0 Å². The van der Waals surface area contributed by atoms with Crippen molar-refractivity contribution in [3.05, 3.63) is 78.9 Å².